The number of thiazole rings is 1. The highest BCUT2D eigenvalue weighted by molar-refractivity contribution is 7.14. The summed E-state index contributed by atoms with van der Waals surface area (Å²) in [4.78, 5) is 32.3. The third kappa shape index (κ3) is 3.83. The Labute approximate surface area is 172 Å². The Hall–Kier alpha value is -2.22. The van der Waals surface area contributed by atoms with E-state index in [1.54, 1.807) is 38.3 Å². The van der Waals surface area contributed by atoms with Crippen molar-refractivity contribution in [2.75, 3.05) is 20.3 Å². The molecule has 1 unspecified atom stereocenters. The molecule has 6 nitrogen and oxygen atoms in total. The van der Waals surface area contributed by atoms with Crippen molar-refractivity contribution in [2.45, 2.75) is 26.3 Å². The number of hydrogen-bond acceptors (Lipinski definition) is 6. The second-order valence-corrected chi connectivity index (χ2v) is 8.18. The minimum Gasteiger partial charge on any atom is -0.503 e. The van der Waals surface area contributed by atoms with E-state index >= 15 is 0 Å². The zero-order valence-electron chi connectivity index (χ0n) is 15.9. The number of aliphatic hydroxyl groups excluding tert-OH is 1. The van der Waals surface area contributed by atoms with Crippen LogP contribution in [-0.2, 0) is 9.53 Å². The predicted molar refractivity (Wildman–Crippen MR) is 108 cm³/mol. The second-order valence-electron chi connectivity index (χ2n) is 6.54. The molecule has 2 aromatic rings. The lowest BCUT2D eigenvalue weighted by atomic mass is 9.95. The third-order valence-electron chi connectivity index (χ3n) is 4.59. The molecule has 0 fully saturated rings. The fourth-order valence-corrected chi connectivity index (χ4v) is 4.35. The van der Waals surface area contributed by atoms with Gasteiger partial charge in [0.2, 0.25) is 5.78 Å². The molecule has 1 aromatic carbocycles. The van der Waals surface area contributed by atoms with Crippen molar-refractivity contribution in [3.8, 4) is 0 Å². The lowest BCUT2D eigenvalue weighted by molar-refractivity contribution is -0.129. The van der Waals surface area contributed by atoms with Gasteiger partial charge >= 0.3 is 0 Å². The van der Waals surface area contributed by atoms with Crippen LogP contribution >= 0.6 is 22.9 Å². The van der Waals surface area contributed by atoms with Crippen molar-refractivity contribution in [2.24, 2.45) is 0 Å². The van der Waals surface area contributed by atoms with E-state index in [4.69, 9.17) is 16.3 Å². The number of benzene rings is 1. The molecule has 8 heteroatoms. The van der Waals surface area contributed by atoms with Gasteiger partial charge in [-0.05, 0) is 38.0 Å². The van der Waals surface area contributed by atoms with Crippen LogP contribution in [0.4, 0.5) is 0 Å². The van der Waals surface area contributed by atoms with Crippen molar-refractivity contribution < 1.29 is 19.4 Å². The van der Waals surface area contributed by atoms with Gasteiger partial charge < -0.3 is 14.7 Å². The van der Waals surface area contributed by atoms with Crippen molar-refractivity contribution in [1.29, 1.82) is 0 Å². The second kappa shape index (κ2) is 8.43. The van der Waals surface area contributed by atoms with Gasteiger partial charge in [0.25, 0.3) is 5.91 Å². The lowest BCUT2D eigenvalue weighted by Gasteiger charge is -2.26. The zero-order chi connectivity index (χ0) is 20.4. The number of nitrogens with zero attached hydrogens (tertiary/aromatic N) is 2. The SMILES string of the molecule is COCCCN1C(=O)C(O)=C(C(=O)c2sc(C)nc2C)C1c1ccc(Cl)cc1. The van der Waals surface area contributed by atoms with E-state index in [9.17, 15) is 14.7 Å². The molecule has 0 radical (unpaired) electrons. The Kier molecular flexibility index (Phi) is 6.17. The largest absolute Gasteiger partial charge is 0.503 e. The summed E-state index contributed by atoms with van der Waals surface area (Å²) in [6.07, 6.45) is 0.583. The van der Waals surface area contributed by atoms with Crippen LogP contribution in [0.1, 0.15) is 38.4 Å². The standard InChI is InChI=1S/C20H21ClN2O4S/c1-11-19(28-12(2)22-11)17(24)15-16(13-5-7-14(21)8-6-13)23(9-4-10-27-3)20(26)18(15)25/h5-8,16,25H,4,9-10H2,1-3H3. The van der Waals surface area contributed by atoms with E-state index in [2.05, 4.69) is 4.98 Å². The molecule has 1 aromatic heterocycles. The summed E-state index contributed by atoms with van der Waals surface area (Å²) < 4.78 is 5.08. The Balaban J connectivity index is 2.06. The molecule has 2 heterocycles. The van der Waals surface area contributed by atoms with E-state index in [0.717, 1.165) is 5.01 Å². The summed E-state index contributed by atoms with van der Waals surface area (Å²) in [7, 11) is 1.59. The van der Waals surface area contributed by atoms with Gasteiger partial charge in [0.1, 0.15) is 0 Å². The first-order valence-electron chi connectivity index (χ1n) is 8.82. The smallest absolute Gasteiger partial charge is 0.290 e. The summed E-state index contributed by atoms with van der Waals surface area (Å²) in [5.74, 6) is -1.44. The minimum absolute atomic E-state index is 0.0801. The third-order valence-corrected chi connectivity index (χ3v) is 5.91. The highest BCUT2D eigenvalue weighted by Gasteiger charge is 2.44. The van der Waals surface area contributed by atoms with Crippen LogP contribution in [0.5, 0.6) is 0 Å². The van der Waals surface area contributed by atoms with Gasteiger partial charge in [0, 0.05) is 25.3 Å². The van der Waals surface area contributed by atoms with Gasteiger partial charge in [-0.3, -0.25) is 9.59 Å². The quantitative estimate of drug-likeness (QED) is 0.540. The van der Waals surface area contributed by atoms with Gasteiger partial charge in [-0.25, -0.2) is 4.98 Å². The van der Waals surface area contributed by atoms with E-state index < -0.39 is 17.7 Å². The Morgan fingerprint density at radius 2 is 2.00 bits per heavy atom. The van der Waals surface area contributed by atoms with Crippen LogP contribution in [0.2, 0.25) is 5.02 Å². The minimum atomic E-state index is -0.684. The van der Waals surface area contributed by atoms with E-state index in [-0.39, 0.29) is 11.4 Å². The number of aliphatic hydroxyl groups is 1. The molecular weight excluding hydrogens is 400 g/mol. The first kappa shape index (κ1) is 20.5. The molecule has 1 aliphatic rings. The fraction of sp³-hybridized carbons (Fsp3) is 0.350. The summed E-state index contributed by atoms with van der Waals surface area (Å²) in [6, 6.07) is 6.25. The molecular formula is C20H21ClN2O4S. The summed E-state index contributed by atoms with van der Waals surface area (Å²) >= 11 is 7.26. The first-order chi connectivity index (χ1) is 13.3. The lowest BCUT2D eigenvalue weighted by Crippen LogP contribution is -2.32. The van der Waals surface area contributed by atoms with Gasteiger partial charge in [0.05, 0.1) is 27.2 Å². The Bertz CT molecular complexity index is 936. The van der Waals surface area contributed by atoms with Crippen LogP contribution in [0.3, 0.4) is 0 Å². The van der Waals surface area contributed by atoms with E-state index in [0.29, 0.717) is 40.7 Å². The van der Waals surface area contributed by atoms with Crippen LogP contribution in [0, 0.1) is 13.8 Å². The number of ether oxygens (including phenoxy) is 1. The molecule has 1 aliphatic heterocycles. The number of hydrogen-bond donors (Lipinski definition) is 1. The molecule has 1 amide bonds. The first-order valence-corrected chi connectivity index (χ1v) is 10.0. The van der Waals surface area contributed by atoms with Crippen molar-refractivity contribution in [3.05, 3.63) is 61.8 Å². The van der Waals surface area contributed by atoms with Crippen LogP contribution in [0.15, 0.2) is 35.6 Å². The van der Waals surface area contributed by atoms with Crippen LogP contribution in [-0.4, -0.2) is 46.9 Å². The fourth-order valence-electron chi connectivity index (χ4n) is 3.35. The number of carbonyl (C=O) groups excluding carboxylic acids is 2. The van der Waals surface area contributed by atoms with Crippen molar-refractivity contribution >= 4 is 34.6 Å². The van der Waals surface area contributed by atoms with Crippen LogP contribution < -0.4 is 0 Å². The zero-order valence-corrected chi connectivity index (χ0v) is 17.4. The van der Waals surface area contributed by atoms with Gasteiger partial charge in [0.15, 0.2) is 5.76 Å². The number of aryl methyl sites for hydroxylation is 2. The molecule has 0 spiro atoms. The number of rotatable bonds is 7. The van der Waals surface area contributed by atoms with Crippen molar-refractivity contribution in [3.63, 3.8) is 0 Å². The molecule has 3 rings (SSSR count). The average Bonchev–Trinajstić information content (AvgIpc) is 3.13. The predicted octanol–water partition coefficient (Wildman–Crippen LogP) is 4.03. The topological polar surface area (TPSA) is 79.7 Å². The average molecular weight is 421 g/mol. The monoisotopic (exact) mass is 420 g/mol. The van der Waals surface area contributed by atoms with E-state index in [1.165, 1.54) is 16.2 Å². The highest BCUT2D eigenvalue weighted by Crippen LogP contribution is 2.40. The number of halogens is 1. The molecule has 0 aliphatic carbocycles. The Morgan fingerprint density at radius 1 is 1.32 bits per heavy atom. The summed E-state index contributed by atoms with van der Waals surface area (Å²) in [5.41, 5.74) is 1.38. The normalized spacial score (nSPS) is 16.9. The molecule has 148 valence electrons. The molecule has 0 saturated carbocycles. The summed E-state index contributed by atoms with van der Waals surface area (Å²) in [6.45, 7) is 4.38. The number of methoxy groups -OCH3 is 1. The maximum atomic E-state index is 13.3. The van der Waals surface area contributed by atoms with Gasteiger partial charge in [-0.1, -0.05) is 23.7 Å². The maximum Gasteiger partial charge on any atom is 0.290 e. The van der Waals surface area contributed by atoms with E-state index in [1.807, 2.05) is 6.92 Å². The maximum absolute atomic E-state index is 13.3. The van der Waals surface area contributed by atoms with Crippen molar-refractivity contribution in [1.82, 2.24) is 9.88 Å². The highest BCUT2D eigenvalue weighted by atomic mass is 35.5. The number of carbonyl (C=O) groups is 2. The summed E-state index contributed by atoms with van der Waals surface area (Å²) in [5, 5.41) is 11.9. The molecule has 1 N–H and O–H groups in total. The Morgan fingerprint density at radius 3 is 2.57 bits per heavy atom. The molecule has 0 saturated heterocycles. The van der Waals surface area contributed by atoms with Gasteiger partial charge in [-0.15, -0.1) is 11.3 Å². The molecule has 0 bridgehead atoms. The number of aromatic nitrogens is 1. The number of ketones is 1. The van der Waals surface area contributed by atoms with Gasteiger partial charge in [-0.2, -0.15) is 0 Å². The molecule has 1 atom stereocenters. The molecule has 28 heavy (non-hydrogen) atoms. The van der Waals surface area contributed by atoms with Crippen LogP contribution in [0.25, 0.3) is 0 Å². The number of Topliss-reactive ketones (excluding diaryl/α,β-unsaturated/α-hetero) is 1. The number of amides is 1.